The van der Waals surface area contributed by atoms with Crippen LogP contribution in [0.15, 0.2) is 85.3 Å². The summed E-state index contributed by atoms with van der Waals surface area (Å²) in [7, 11) is 0. The van der Waals surface area contributed by atoms with Gasteiger partial charge in [0.1, 0.15) is 11.6 Å². The number of pyridine rings is 1. The summed E-state index contributed by atoms with van der Waals surface area (Å²) in [5.41, 5.74) is 3.40. The third-order valence-electron chi connectivity index (χ3n) is 4.93. The van der Waals surface area contributed by atoms with Crippen molar-refractivity contribution in [3.8, 4) is 11.1 Å². The fourth-order valence-electron chi connectivity index (χ4n) is 3.40. The summed E-state index contributed by atoms with van der Waals surface area (Å²) < 4.78 is 14.4. The molecule has 31 heavy (non-hydrogen) atoms. The van der Waals surface area contributed by atoms with Crippen molar-refractivity contribution < 1.29 is 9.18 Å². The first kappa shape index (κ1) is 20.3. The van der Waals surface area contributed by atoms with Crippen LogP contribution < -0.4 is 0 Å². The lowest BCUT2D eigenvalue weighted by Crippen LogP contribution is -2.31. The van der Waals surface area contributed by atoms with E-state index < -0.39 is 5.82 Å². The van der Waals surface area contributed by atoms with Crippen LogP contribution in [-0.2, 0) is 13.1 Å². The lowest BCUT2D eigenvalue weighted by molar-refractivity contribution is 0.0723. The molecule has 2 heterocycles. The number of carbonyl (C=O) groups is 1. The van der Waals surface area contributed by atoms with Crippen molar-refractivity contribution in [2.24, 2.45) is 0 Å². The summed E-state index contributed by atoms with van der Waals surface area (Å²) in [6, 6.07) is 19.4. The molecule has 0 N–H and O–H groups in total. The third-order valence-corrected chi connectivity index (χ3v) is 4.93. The van der Waals surface area contributed by atoms with Crippen LogP contribution in [0, 0.1) is 12.7 Å². The van der Waals surface area contributed by atoms with Gasteiger partial charge in [-0.3, -0.25) is 9.78 Å². The van der Waals surface area contributed by atoms with E-state index in [1.807, 2.05) is 42.5 Å². The molecule has 1 amide bonds. The Balaban J connectivity index is 1.74. The normalized spacial score (nSPS) is 10.6. The van der Waals surface area contributed by atoms with E-state index in [2.05, 4.69) is 15.0 Å². The highest BCUT2D eigenvalue weighted by atomic mass is 19.1. The summed E-state index contributed by atoms with van der Waals surface area (Å²) in [4.78, 5) is 28.0. The largest absolute Gasteiger partial charge is 0.328 e. The van der Waals surface area contributed by atoms with Crippen LogP contribution in [0.25, 0.3) is 11.1 Å². The second kappa shape index (κ2) is 9.26. The van der Waals surface area contributed by atoms with E-state index in [1.165, 1.54) is 12.1 Å². The average molecular weight is 412 g/mol. The van der Waals surface area contributed by atoms with E-state index in [1.54, 1.807) is 42.5 Å². The molecule has 0 aliphatic carbocycles. The second-order valence-corrected chi connectivity index (χ2v) is 7.14. The van der Waals surface area contributed by atoms with Crippen LogP contribution in [0.1, 0.15) is 27.4 Å². The monoisotopic (exact) mass is 412 g/mol. The first-order chi connectivity index (χ1) is 15.1. The van der Waals surface area contributed by atoms with Gasteiger partial charge in [-0.25, -0.2) is 14.4 Å². The maximum Gasteiger partial charge on any atom is 0.257 e. The van der Waals surface area contributed by atoms with E-state index in [-0.39, 0.29) is 18.0 Å². The number of aromatic nitrogens is 3. The van der Waals surface area contributed by atoms with Crippen LogP contribution in [0.5, 0.6) is 0 Å². The van der Waals surface area contributed by atoms with Gasteiger partial charge in [0.2, 0.25) is 0 Å². The highest BCUT2D eigenvalue weighted by Gasteiger charge is 2.22. The molecular weight excluding hydrogens is 391 g/mol. The summed E-state index contributed by atoms with van der Waals surface area (Å²) in [6.07, 6.45) is 5.15. The Morgan fingerprint density at radius 1 is 0.935 bits per heavy atom. The fourth-order valence-corrected chi connectivity index (χ4v) is 3.40. The van der Waals surface area contributed by atoms with Crippen molar-refractivity contribution >= 4 is 5.91 Å². The van der Waals surface area contributed by atoms with Crippen molar-refractivity contribution in [2.45, 2.75) is 20.0 Å². The Labute approximate surface area is 180 Å². The molecule has 0 aliphatic heterocycles. The zero-order valence-corrected chi connectivity index (χ0v) is 17.1. The lowest BCUT2D eigenvalue weighted by Gasteiger charge is -2.24. The molecule has 2 aromatic carbocycles. The molecule has 0 atom stereocenters. The van der Waals surface area contributed by atoms with Gasteiger partial charge in [0.05, 0.1) is 17.8 Å². The number of carbonyl (C=O) groups excluding carboxylic acids is 1. The number of rotatable bonds is 6. The number of nitrogens with zero attached hydrogens (tertiary/aromatic N) is 4. The van der Waals surface area contributed by atoms with Crippen molar-refractivity contribution in [1.82, 2.24) is 19.9 Å². The van der Waals surface area contributed by atoms with Gasteiger partial charge >= 0.3 is 0 Å². The smallest absolute Gasteiger partial charge is 0.257 e. The van der Waals surface area contributed by atoms with Crippen LogP contribution in [0.2, 0.25) is 0 Å². The molecular formula is C25H21FN4O. The van der Waals surface area contributed by atoms with Crippen LogP contribution >= 0.6 is 0 Å². The molecule has 0 aliphatic rings. The molecule has 0 fully saturated rings. The Kier molecular flexibility index (Phi) is 6.08. The summed E-state index contributed by atoms with van der Waals surface area (Å²) in [5.74, 6) is -0.330. The van der Waals surface area contributed by atoms with Crippen LogP contribution in [0.3, 0.4) is 0 Å². The van der Waals surface area contributed by atoms with Crippen molar-refractivity contribution in [1.29, 1.82) is 0 Å². The molecule has 0 saturated carbocycles. The van der Waals surface area contributed by atoms with Crippen molar-refractivity contribution in [3.05, 3.63) is 114 Å². The second-order valence-electron chi connectivity index (χ2n) is 7.14. The maximum atomic E-state index is 14.4. The summed E-state index contributed by atoms with van der Waals surface area (Å²) in [6.45, 7) is 2.34. The molecule has 2 aromatic heterocycles. The van der Waals surface area contributed by atoms with Gasteiger partial charge in [-0.1, -0.05) is 42.5 Å². The highest BCUT2D eigenvalue weighted by Crippen LogP contribution is 2.24. The highest BCUT2D eigenvalue weighted by molar-refractivity contribution is 5.94. The molecule has 4 rings (SSSR count). The maximum absolute atomic E-state index is 14.4. The Bertz CT molecular complexity index is 1180. The molecule has 4 aromatic rings. The lowest BCUT2D eigenvalue weighted by atomic mass is 10.1. The van der Waals surface area contributed by atoms with Gasteiger partial charge in [0.25, 0.3) is 5.91 Å². The van der Waals surface area contributed by atoms with E-state index in [0.717, 1.165) is 16.7 Å². The van der Waals surface area contributed by atoms with E-state index >= 15 is 0 Å². The molecule has 0 spiro atoms. The zero-order chi connectivity index (χ0) is 21.6. The Morgan fingerprint density at radius 3 is 2.39 bits per heavy atom. The first-order valence-corrected chi connectivity index (χ1v) is 9.92. The minimum atomic E-state index is -0.543. The predicted octanol–water partition coefficient (Wildman–Crippen LogP) is 4.83. The van der Waals surface area contributed by atoms with Crippen LogP contribution in [0.4, 0.5) is 4.39 Å². The third kappa shape index (κ3) is 4.80. The number of benzene rings is 2. The van der Waals surface area contributed by atoms with Crippen molar-refractivity contribution in [3.63, 3.8) is 0 Å². The van der Waals surface area contributed by atoms with E-state index in [9.17, 15) is 9.18 Å². The SMILES string of the molecule is Cc1ncc(-c2ccncc2)c(CN(Cc2ccccc2)C(=O)c2ccccc2F)n1. The standard InChI is InChI=1S/C25H21FN4O/c1-18-28-15-22(20-11-13-27-14-12-20)24(29-18)17-30(16-19-7-3-2-4-8-19)25(31)21-9-5-6-10-23(21)26/h2-15H,16-17H2,1H3. The number of amides is 1. The van der Waals surface area contributed by atoms with Crippen molar-refractivity contribution in [2.75, 3.05) is 0 Å². The van der Waals surface area contributed by atoms with Crippen LogP contribution in [-0.4, -0.2) is 25.8 Å². The molecule has 154 valence electrons. The topological polar surface area (TPSA) is 59.0 Å². The summed E-state index contributed by atoms with van der Waals surface area (Å²) in [5, 5.41) is 0. The van der Waals surface area contributed by atoms with E-state index in [4.69, 9.17) is 0 Å². The van der Waals surface area contributed by atoms with Gasteiger partial charge in [-0.2, -0.15) is 0 Å². The first-order valence-electron chi connectivity index (χ1n) is 9.92. The number of hydrogen-bond donors (Lipinski definition) is 0. The number of halogens is 1. The molecule has 0 saturated heterocycles. The minimum absolute atomic E-state index is 0.0367. The van der Waals surface area contributed by atoms with Gasteiger partial charge < -0.3 is 4.90 Å². The molecule has 5 nitrogen and oxygen atoms in total. The minimum Gasteiger partial charge on any atom is -0.328 e. The Morgan fingerprint density at radius 2 is 1.65 bits per heavy atom. The van der Waals surface area contributed by atoms with Gasteiger partial charge in [0, 0.05) is 30.7 Å². The summed E-state index contributed by atoms with van der Waals surface area (Å²) >= 11 is 0. The predicted molar refractivity (Wildman–Crippen MR) is 116 cm³/mol. The molecule has 0 bridgehead atoms. The van der Waals surface area contributed by atoms with E-state index in [0.29, 0.717) is 18.1 Å². The fraction of sp³-hybridized carbons (Fsp3) is 0.120. The molecule has 6 heteroatoms. The average Bonchev–Trinajstić information content (AvgIpc) is 2.80. The Hall–Kier alpha value is -3.93. The number of aryl methyl sites for hydroxylation is 1. The van der Waals surface area contributed by atoms with Gasteiger partial charge in [-0.05, 0) is 42.3 Å². The quantitative estimate of drug-likeness (QED) is 0.455. The number of hydrogen-bond acceptors (Lipinski definition) is 4. The molecule has 0 unspecified atom stereocenters. The molecule has 0 radical (unpaired) electrons. The van der Waals surface area contributed by atoms with Gasteiger partial charge in [-0.15, -0.1) is 0 Å². The van der Waals surface area contributed by atoms with Gasteiger partial charge in [0.15, 0.2) is 0 Å². The zero-order valence-electron chi connectivity index (χ0n) is 17.1.